The molecule has 1 aliphatic carbocycles. The zero-order valence-electron chi connectivity index (χ0n) is 28.7. The first-order valence-corrected chi connectivity index (χ1v) is 17.3. The fourth-order valence-corrected chi connectivity index (χ4v) is 6.63. The zero-order chi connectivity index (χ0) is 33.9. The van der Waals surface area contributed by atoms with E-state index in [1.807, 2.05) is 48.5 Å². The third-order valence-electron chi connectivity index (χ3n) is 9.22. The molecule has 10 nitrogen and oxygen atoms in total. The number of carbonyl (C=O) groups excluding carboxylic acids is 2. The van der Waals surface area contributed by atoms with Crippen molar-refractivity contribution in [1.29, 1.82) is 0 Å². The lowest BCUT2D eigenvalue weighted by Gasteiger charge is -2.28. The van der Waals surface area contributed by atoms with Crippen molar-refractivity contribution in [2.75, 3.05) is 46.6 Å². The summed E-state index contributed by atoms with van der Waals surface area (Å²) in [7, 11) is 0. The van der Waals surface area contributed by atoms with Gasteiger partial charge in [0.05, 0.1) is 24.2 Å². The molecule has 2 atom stereocenters. The predicted octanol–water partition coefficient (Wildman–Crippen LogP) is 6.76. The molecular weight excluding hydrogens is 600 g/mol. The Morgan fingerprint density at radius 2 is 1.06 bits per heavy atom. The lowest BCUT2D eigenvalue weighted by atomic mass is 9.78. The zero-order valence-corrected chi connectivity index (χ0v) is 28.7. The first kappa shape index (κ1) is 34.5. The summed E-state index contributed by atoms with van der Waals surface area (Å²) in [5.74, 6) is 1.17. The Morgan fingerprint density at radius 1 is 0.625 bits per heavy atom. The number of hydrogen-bond donors (Lipinski definition) is 2. The molecule has 0 unspecified atom stereocenters. The first-order valence-electron chi connectivity index (χ1n) is 17.3. The molecule has 2 aromatic heterocycles. The fourth-order valence-electron chi connectivity index (χ4n) is 6.63. The van der Waals surface area contributed by atoms with Crippen LogP contribution in [0.5, 0.6) is 0 Å². The summed E-state index contributed by atoms with van der Waals surface area (Å²) in [6.07, 6.45) is 4.54. The van der Waals surface area contributed by atoms with E-state index in [9.17, 15) is 9.59 Å². The monoisotopic (exact) mass is 648 g/mol. The molecule has 1 fully saturated rings. The Hall–Kier alpha value is -4.86. The molecule has 0 radical (unpaired) electrons. The summed E-state index contributed by atoms with van der Waals surface area (Å²) in [5.41, 5.74) is 6.02. The Kier molecular flexibility index (Phi) is 12.1. The number of rotatable bonds is 14. The minimum Gasteiger partial charge on any atom is -0.372 e. The van der Waals surface area contributed by atoms with Gasteiger partial charge in [-0.15, -0.1) is 10.2 Å². The van der Waals surface area contributed by atoms with Gasteiger partial charge in [0.15, 0.2) is 11.6 Å². The van der Waals surface area contributed by atoms with Crippen LogP contribution in [0.1, 0.15) is 87.7 Å². The van der Waals surface area contributed by atoms with Crippen molar-refractivity contribution < 1.29 is 9.59 Å². The molecule has 252 valence electrons. The van der Waals surface area contributed by atoms with Crippen molar-refractivity contribution in [3.63, 3.8) is 0 Å². The number of benzene rings is 2. The number of amides is 2. The molecule has 10 heteroatoms. The summed E-state index contributed by atoms with van der Waals surface area (Å²) >= 11 is 0. The Balaban J connectivity index is 1.12. The third kappa shape index (κ3) is 9.14. The normalized spacial score (nSPS) is 15.8. The van der Waals surface area contributed by atoms with Crippen molar-refractivity contribution in [3.8, 4) is 0 Å². The smallest absolute Gasteiger partial charge is 0.229 e. The van der Waals surface area contributed by atoms with Gasteiger partial charge < -0.3 is 20.4 Å². The highest BCUT2D eigenvalue weighted by Crippen LogP contribution is 2.40. The first-order chi connectivity index (χ1) is 23.4. The largest absolute Gasteiger partial charge is 0.372 e. The highest BCUT2D eigenvalue weighted by Gasteiger charge is 2.27. The van der Waals surface area contributed by atoms with E-state index in [1.54, 1.807) is 0 Å². The van der Waals surface area contributed by atoms with Crippen molar-refractivity contribution in [3.05, 3.63) is 95.3 Å². The van der Waals surface area contributed by atoms with E-state index < -0.39 is 0 Å². The second kappa shape index (κ2) is 16.8. The molecule has 0 aliphatic heterocycles. The van der Waals surface area contributed by atoms with Crippen molar-refractivity contribution in [2.45, 2.75) is 78.1 Å². The van der Waals surface area contributed by atoms with E-state index in [4.69, 9.17) is 0 Å². The summed E-state index contributed by atoms with van der Waals surface area (Å²) in [6, 6.07) is 23.9. The van der Waals surface area contributed by atoms with E-state index in [2.05, 4.69) is 92.8 Å². The van der Waals surface area contributed by atoms with Gasteiger partial charge in [-0.25, -0.2) is 0 Å². The lowest BCUT2D eigenvalue weighted by molar-refractivity contribution is -0.116. The average Bonchev–Trinajstić information content (AvgIpc) is 3.10. The van der Waals surface area contributed by atoms with Crippen molar-refractivity contribution >= 4 is 34.8 Å². The summed E-state index contributed by atoms with van der Waals surface area (Å²) in [4.78, 5) is 30.1. The quantitative estimate of drug-likeness (QED) is 0.154. The number of anilines is 4. The molecule has 5 rings (SSSR count). The SMILES string of the molecule is CCN(CC)c1cccc(CC(=O)Nc2ccc([C@H]3CCC[C@H](c4ccc(NC(=O)Cc5cccc(N(CC)CC)c5)nn4)C3)nn2)c1. The summed E-state index contributed by atoms with van der Waals surface area (Å²) < 4.78 is 0. The van der Waals surface area contributed by atoms with Gasteiger partial charge in [0.25, 0.3) is 0 Å². The average molecular weight is 649 g/mol. The van der Waals surface area contributed by atoms with Gasteiger partial charge in [0, 0.05) is 49.4 Å². The van der Waals surface area contributed by atoms with E-state index in [-0.39, 0.29) is 36.5 Å². The van der Waals surface area contributed by atoms with E-state index in [1.165, 1.54) is 0 Å². The van der Waals surface area contributed by atoms with Crippen LogP contribution < -0.4 is 20.4 Å². The molecule has 1 saturated carbocycles. The Morgan fingerprint density at radius 3 is 1.44 bits per heavy atom. The van der Waals surface area contributed by atoms with Crippen LogP contribution in [0.25, 0.3) is 0 Å². The molecular formula is C38H48N8O2. The molecule has 0 saturated heterocycles. The Labute approximate surface area is 284 Å². The van der Waals surface area contributed by atoms with E-state index in [0.29, 0.717) is 11.6 Å². The molecule has 0 spiro atoms. The molecule has 4 aromatic rings. The lowest BCUT2D eigenvalue weighted by Crippen LogP contribution is -2.22. The van der Waals surface area contributed by atoms with Crippen LogP contribution in [-0.2, 0) is 22.4 Å². The second-order valence-corrected chi connectivity index (χ2v) is 12.4. The second-order valence-electron chi connectivity index (χ2n) is 12.4. The maximum Gasteiger partial charge on any atom is 0.229 e. The summed E-state index contributed by atoms with van der Waals surface area (Å²) in [6.45, 7) is 12.2. The standard InChI is InChI=1S/C38H48N8O2/c1-5-45(6-2)31-16-9-12-27(22-31)24-37(47)39-35-20-18-33(41-43-35)29-14-11-15-30(26-29)34-19-21-36(44-42-34)40-38(48)25-28-13-10-17-32(23-28)46(7-3)8-4/h9-10,12-13,16-23,29-30H,5-8,11,14-15,24-26H2,1-4H3,(H,39,43,47)(H,40,44,48)/t29-,30-/m0/s1. The third-order valence-corrected chi connectivity index (χ3v) is 9.22. The van der Waals surface area contributed by atoms with Crippen molar-refractivity contribution in [2.24, 2.45) is 0 Å². The highest BCUT2D eigenvalue weighted by molar-refractivity contribution is 5.92. The maximum absolute atomic E-state index is 12.8. The summed E-state index contributed by atoms with van der Waals surface area (Å²) in [5, 5.41) is 23.5. The van der Waals surface area contributed by atoms with E-state index in [0.717, 1.165) is 85.8 Å². The van der Waals surface area contributed by atoms with Crippen LogP contribution in [0.2, 0.25) is 0 Å². The molecule has 2 amide bonds. The molecule has 0 bridgehead atoms. The minimum atomic E-state index is -0.116. The van der Waals surface area contributed by atoms with Crippen LogP contribution in [0.3, 0.4) is 0 Å². The van der Waals surface area contributed by atoms with Crippen LogP contribution in [0.15, 0.2) is 72.8 Å². The van der Waals surface area contributed by atoms with Crippen LogP contribution >= 0.6 is 0 Å². The van der Waals surface area contributed by atoms with Gasteiger partial charge in [0.2, 0.25) is 11.8 Å². The number of carbonyl (C=O) groups is 2. The van der Waals surface area contributed by atoms with Gasteiger partial charge in [-0.3, -0.25) is 9.59 Å². The number of nitrogens with one attached hydrogen (secondary N) is 2. The van der Waals surface area contributed by atoms with Gasteiger partial charge in [0.1, 0.15) is 0 Å². The number of nitrogens with zero attached hydrogens (tertiary/aromatic N) is 6. The van der Waals surface area contributed by atoms with Gasteiger partial charge >= 0.3 is 0 Å². The number of hydrogen-bond acceptors (Lipinski definition) is 8. The molecule has 48 heavy (non-hydrogen) atoms. The fraction of sp³-hybridized carbons (Fsp3) is 0.421. The van der Waals surface area contributed by atoms with Crippen molar-refractivity contribution in [1.82, 2.24) is 20.4 Å². The Bertz CT molecular complexity index is 1510. The van der Waals surface area contributed by atoms with Gasteiger partial charge in [-0.1, -0.05) is 30.7 Å². The molecule has 2 heterocycles. The molecule has 1 aliphatic rings. The van der Waals surface area contributed by atoms with E-state index >= 15 is 0 Å². The van der Waals surface area contributed by atoms with Gasteiger partial charge in [-0.2, -0.15) is 10.2 Å². The van der Waals surface area contributed by atoms with Crippen LogP contribution in [0, 0.1) is 0 Å². The highest BCUT2D eigenvalue weighted by atomic mass is 16.2. The van der Waals surface area contributed by atoms with Crippen LogP contribution in [0.4, 0.5) is 23.0 Å². The minimum absolute atomic E-state index is 0.116. The topological polar surface area (TPSA) is 116 Å². The maximum atomic E-state index is 12.8. The molecule has 2 aromatic carbocycles. The van der Waals surface area contributed by atoms with Gasteiger partial charge in [-0.05, 0) is 107 Å². The van der Waals surface area contributed by atoms with Crippen LogP contribution in [-0.4, -0.2) is 58.4 Å². The number of aromatic nitrogens is 4. The molecule has 2 N–H and O–H groups in total. The predicted molar refractivity (Wildman–Crippen MR) is 193 cm³/mol.